The molecule has 3 fully saturated rings. The number of fused-ring (bicyclic) bond motifs is 2. The summed E-state index contributed by atoms with van der Waals surface area (Å²) >= 11 is 0. The van der Waals surface area contributed by atoms with E-state index in [-0.39, 0.29) is 24.0 Å². The van der Waals surface area contributed by atoms with Gasteiger partial charge in [-0.25, -0.2) is 8.42 Å². The van der Waals surface area contributed by atoms with E-state index in [0.29, 0.717) is 29.3 Å². The standard InChI is InChI=1S/C20H23N3O4S/c24-20(18-12-19(27-22-18)13-6-7-13)21-14-10-15-8-9-16(11-14)23(15)28(25,26)17-4-2-1-3-5-17/h1-5,12-16H,6-11H2,(H,21,24)/t14?,15-,16+. The van der Waals surface area contributed by atoms with Crippen molar-refractivity contribution in [1.82, 2.24) is 14.8 Å². The summed E-state index contributed by atoms with van der Waals surface area (Å²) in [6.45, 7) is 0. The van der Waals surface area contributed by atoms with Crippen LogP contribution >= 0.6 is 0 Å². The number of amides is 1. The highest BCUT2D eigenvalue weighted by molar-refractivity contribution is 7.89. The van der Waals surface area contributed by atoms with E-state index in [9.17, 15) is 13.2 Å². The highest BCUT2D eigenvalue weighted by atomic mass is 32.2. The Balaban J connectivity index is 1.28. The molecule has 1 saturated carbocycles. The van der Waals surface area contributed by atoms with Crippen molar-refractivity contribution in [1.29, 1.82) is 0 Å². The Kier molecular flexibility index (Phi) is 4.28. The van der Waals surface area contributed by atoms with Crippen LogP contribution in [0.4, 0.5) is 0 Å². The van der Waals surface area contributed by atoms with Gasteiger partial charge < -0.3 is 9.84 Å². The molecule has 3 atom stereocenters. The molecule has 1 aliphatic carbocycles. The van der Waals surface area contributed by atoms with Gasteiger partial charge in [0.1, 0.15) is 5.76 Å². The first-order valence-corrected chi connectivity index (χ1v) is 11.3. The minimum absolute atomic E-state index is 0.0479. The topological polar surface area (TPSA) is 92.5 Å². The van der Waals surface area contributed by atoms with Gasteiger partial charge in [0.25, 0.3) is 5.91 Å². The minimum atomic E-state index is -3.51. The van der Waals surface area contributed by atoms with Gasteiger partial charge in [-0.1, -0.05) is 23.4 Å². The fourth-order valence-electron chi connectivity index (χ4n) is 4.57. The molecule has 1 N–H and O–H groups in total. The van der Waals surface area contributed by atoms with E-state index >= 15 is 0 Å². The molecule has 28 heavy (non-hydrogen) atoms. The second-order valence-corrected chi connectivity index (χ2v) is 9.91. The van der Waals surface area contributed by atoms with Crippen LogP contribution < -0.4 is 5.32 Å². The second-order valence-electron chi connectivity index (χ2n) is 8.06. The molecule has 7 nitrogen and oxygen atoms in total. The summed E-state index contributed by atoms with van der Waals surface area (Å²) in [5, 5.41) is 6.93. The lowest BCUT2D eigenvalue weighted by molar-refractivity contribution is 0.0900. The molecule has 3 heterocycles. The van der Waals surface area contributed by atoms with Crippen molar-refractivity contribution in [2.75, 3.05) is 0 Å². The molecule has 1 unspecified atom stereocenters. The lowest BCUT2D eigenvalue weighted by Crippen LogP contribution is -2.52. The first kappa shape index (κ1) is 17.9. The van der Waals surface area contributed by atoms with Gasteiger partial charge in [-0.2, -0.15) is 4.31 Å². The van der Waals surface area contributed by atoms with Crippen molar-refractivity contribution in [3.63, 3.8) is 0 Å². The van der Waals surface area contributed by atoms with Crippen LogP contribution in [0.3, 0.4) is 0 Å². The second kappa shape index (κ2) is 6.70. The Morgan fingerprint density at radius 3 is 2.39 bits per heavy atom. The highest BCUT2D eigenvalue weighted by Gasteiger charge is 2.47. The maximum atomic E-state index is 13.1. The molecular weight excluding hydrogens is 378 g/mol. The average Bonchev–Trinajstić information content (AvgIpc) is 3.35. The predicted octanol–water partition coefficient (Wildman–Crippen LogP) is 2.67. The fraction of sp³-hybridized carbons (Fsp3) is 0.500. The molecule has 1 aromatic heterocycles. The molecular formula is C20H23N3O4S. The highest BCUT2D eigenvalue weighted by Crippen LogP contribution is 2.41. The summed E-state index contributed by atoms with van der Waals surface area (Å²) < 4.78 is 33.1. The molecule has 3 aliphatic rings. The number of rotatable bonds is 5. The van der Waals surface area contributed by atoms with Crippen LogP contribution in [-0.2, 0) is 10.0 Å². The number of piperidine rings is 1. The van der Waals surface area contributed by atoms with Crippen molar-refractivity contribution >= 4 is 15.9 Å². The van der Waals surface area contributed by atoms with Crippen LogP contribution in [0.5, 0.6) is 0 Å². The first-order chi connectivity index (χ1) is 13.5. The molecule has 1 amide bonds. The number of nitrogens with one attached hydrogen (secondary N) is 1. The van der Waals surface area contributed by atoms with Crippen LogP contribution in [0, 0.1) is 0 Å². The van der Waals surface area contributed by atoms with Crippen molar-refractivity contribution in [3.8, 4) is 0 Å². The zero-order chi connectivity index (χ0) is 19.3. The summed E-state index contributed by atoms with van der Waals surface area (Å²) in [6.07, 6.45) is 5.10. The first-order valence-electron chi connectivity index (χ1n) is 9.88. The quantitative estimate of drug-likeness (QED) is 0.832. The van der Waals surface area contributed by atoms with Crippen LogP contribution in [0.25, 0.3) is 0 Å². The Bertz CT molecular complexity index is 970. The zero-order valence-electron chi connectivity index (χ0n) is 15.5. The third-order valence-electron chi connectivity index (χ3n) is 6.06. The monoisotopic (exact) mass is 401 g/mol. The van der Waals surface area contributed by atoms with E-state index in [2.05, 4.69) is 10.5 Å². The molecule has 1 aromatic carbocycles. The Hall–Kier alpha value is -2.19. The van der Waals surface area contributed by atoms with Gasteiger partial charge in [0.15, 0.2) is 5.69 Å². The number of sulfonamides is 1. The van der Waals surface area contributed by atoms with Crippen molar-refractivity contribution in [2.45, 2.75) is 67.5 Å². The minimum Gasteiger partial charge on any atom is -0.360 e. The smallest absolute Gasteiger partial charge is 0.273 e. The van der Waals surface area contributed by atoms with Crippen LogP contribution in [0.2, 0.25) is 0 Å². The number of hydrogen-bond acceptors (Lipinski definition) is 5. The molecule has 2 saturated heterocycles. The number of carbonyl (C=O) groups is 1. The zero-order valence-corrected chi connectivity index (χ0v) is 16.3. The lowest BCUT2D eigenvalue weighted by Gasteiger charge is -2.38. The van der Waals surface area contributed by atoms with Crippen molar-refractivity contribution < 1.29 is 17.7 Å². The number of nitrogens with zero attached hydrogens (tertiary/aromatic N) is 2. The van der Waals surface area contributed by atoms with Crippen LogP contribution in [0.15, 0.2) is 45.8 Å². The molecule has 0 radical (unpaired) electrons. The van der Waals surface area contributed by atoms with E-state index in [1.807, 2.05) is 6.07 Å². The third-order valence-corrected chi connectivity index (χ3v) is 8.08. The maximum absolute atomic E-state index is 13.1. The van der Waals surface area contributed by atoms with E-state index in [1.165, 1.54) is 0 Å². The summed E-state index contributed by atoms with van der Waals surface area (Å²) in [5.41, 5.74) is 0.314. The molecule has 2 bridgehead atoms. The molecule has 148 valence electrons. The number of benzene rings is 1. The van der Waals surface area contributed by atoms with Crippen LogP contribution in [0.1, 0.15) is 60.7 Å². The van der Waals surface area contributed by atoms with Gasteiger partial charge in [-0.3, -0.25) is 4.79 Å². The number of carbonyl (C=O) groups excluding carboxylic acids is 1. The van der Waals surface area contributed by atoms with Gasteiger partial charge in [-0.05, 0) is 50.7 Å². The van der Waals surface area contributed by atoms with Crippen molar-refractivity contribution in [3.05, 3.63) is 47.9 Å². The Morgan fingerprint density at radius 1 is 1.07 bits per heavy atom. The molecule has 0 spiro atoms. The molecule has 5 rings (SSSR count). The Labute approximate surface area is 164 Å². The van der Waals surface area contributed by atoms with Crippen LogP contribution in [-0.4, -0.2) is 41.9 Å². The van der Waals surface area contributed by atoms with Gasteiger partial charge in [0.05, 0.1) is 4.90 Å². The normalized spacial score (nSPS) is 27.6. The number of hydrogen-bond donors (Lipinski definition) is 1. The maximum Gasteiger partial charge on any atom is 0.273 e. The summed E-state index contributed by atoms with van der Waals surface area (Å²) in [5.74, 6) is 0.963. The SMILES string of the molecule is O=C(NC1C[C@H]2CC[C@@H](C1)N2S(=O)(=O)c1ccccc1)c1cc(C2CC2)on1. The van der Waals surface area contributed by atoms with E-state index in [1.54, 1.807) is 34.6 Å². The van der Waals surface area contributed by atoms with Gasteiger partial charge >= 0.3 is 0 Å². The van der Waals surface area contributed by atoms with Gasteiger partial charge in [-0.15, -0.1) is 0 Å². The summed E-state index contributed by atoms with van der Waals surface area (Å²) in [4.78, 5) is 12.9. The fourth-order valence-corrected chi connectivity index (χ4v) is 6.49. The van der Waals surface area contributed by atoms with Gasteiger partial charge in [0.2, 0.25) is 10.0 Å². The summed E-state index contributed by atoms with van der Waals surface area (Å²) in [6, 6.07) is 10.1. The predicted molar refractivity (Wildman–Crippen MR) is 101 cm³/mol. The molecule has 8 heteroatoms. The largest absolute Gasteiger partial charge is 0.360 e. The number of aromatic nitrogens is 1. The lowest BCUT2D eigenvalue weighted by atomic mass is 9.99. The van der Waals surface area contributed by atoms with E-state index < -0.39 is 10.0 Å². The Morgan fingerprint density at radius 2 is 1.75 bits per heavy atom. The third kappa shape index (κ3) is 3.14. The van der Waals surface area contributed by atoms with Gasteiger partial charge in [0, 0.05) is 30.1 Å². The van der Waals surface area contributed by atoms with E-state index in [4.69, 9.17) is 4.52 Å². The van der Waals surface area contributed by atoms with E-state index in [0.717, 1.165) is 31.4 Å². The molecule has 2 aliphatic heterocycles. The summed E-state index contributed by atoms with van der Waals surface area (Å²) in [7, 11) is -3.51. The van der Waals surface area contributed by atoms with Crippen molar-refractivity contribution in [2.24, 2.45) is 0 Å². The average molecular weight is 401 g/mol. The molecule has 2 aromatic rings.